The van der Waals surface area contributed by atoms with Gasteiger partial charge >= 0.3 is 0 Å². The minimum absolute atomic E-state index is 0.00178. The molecule has 0 aliphatic carbocycles. The number of nitrogens with one attached hydrogen (secondary N) is 4. The Morgan fingerprint density at radius 2 is 1.84 bits per heavy atom. The first-order chi connectivity index (χ1) is 21.4. The summed E-state index contributed by atoms with van der Waals surface area (Å²) in [4.78, 5) is 75.0. The Kier molecular flexibility index (Phi) is 13.7. The van der Waals surface area contributed by atoms with E-state index >= 15 is 0 Å². The molecule has 8 N–H and O–H groups in total. The second kappa shape index (κ2) is 17.4. The first-order valence-corrected chi connectivity index (χ1v) is 16.4. The topological polar surface area (TPSA) is 211 Å². The number of nitrogens with zero attached hydrogens (tertiary/aromatic N) is 2. The van der Waals surface area contributed by atoms with Gasteiger partial charge in [-0.25, -0.2) is 4.98 Å². The fourth-order valence-corrected chi connectivity index (χ4v) is 5.99. The lowest BCUT2D eigenvalue weighted by molar-refractivity contribution is -0.133. The van der Waals surface area contributed by atoms with E-state index in [0.29, 0.717) is 37.7 Å². The molecule has 1 aliphatic rings. The number of carbonyl (C=O) groups is 5. The third-order valence-corrected chi connectivity index (χ3v) is 8.60. The number of hydrogen-bond donors (Lipinski definition) is 6. The van der Waals surface area contributed by atoms with Crippen molar-refractivity contribution in [2.45, 2.75) is 90.3 Å². The minimum Gasteiger partial charge on any atom is -0.370 e. The number of para-hydroxylation sites is 1. The molecule has 1 aromatic carbocycles. The quantitative estimate of drug-likeness (QED) is 0.0970. The average Bonchev–Trinajstić information content (AvgIpc) is 3.43. The van der Waals surface area contributed by atoms with Crippen molar-refractivity contribution in [1.82, 2.24) is 26.3 Å². The first-order valence-electron chi connectivity index (χ1n) is 15.6. The van der Waals surface area contributed by atoms with Crippen LogP contribution in [0.5, 0.6) is 0 Å². The second-order valence-corrected chi connectivity index (χ2v) is 12.9. The molecule has 1 aromatic heterocycles. The normalized spacial score (nSPS) is 21.1. The highest BCUT2D eigenvalue weighted by molar-refractivity contribution is 7.20. The van der Waals surface area contributed by atoms with E-state index in [2.05, 4.69) is 31.2 Å². The molecule has 2 heterocycles. The molecule has 13 nitrogen and oxygen atoms in total. The largest absolute Gasteiger partial charge is 0.370 e. The molecular weight excluding hydrogens is 596 g/mol. The van der Waals surface area contributed by atoms with Crippen molar-refractivity contribution in [2.24, 2.45) is 28.3 Å². The molecule has 246 valence electrons. The van der Waals surface area contributed by atoms with E-state index in [1.807, 2.05) is 39.0 Å². The number of thiazole rings is 1. The molecule has 45 heavy (non-hydrogen) atoms. The molecule has 0 unspecified atom stereocenters. The molecule has 1 saturated heterocycles. The van der Waals surface area contributed by atoms with E-state index in [9.17, 15) is 24.0 Å². The lowest BCUT2D eigenvalue weighted by Gasteiger charge is -2.26. The summed E-state index contributed by atoms with van der Waals surface area (Å²) < 4.78 is 0.833. The van der Waals surface area contributed by atoms with Crippen LogP contribution in [-0.4, -0.2) is 71.6 Å². The van der Waals surface area contributed by atoms with Crippen molar-refractivity contribution in [3.8, 4) is 0 Å². The van der Waals surface area contributed by atoms with Gasteiger partial charge < -0.3 is 32.7 Å². The molecular formula is C31H46N8O5S. The summed E-state index contributed by atoms with van der Waals surface area (Å²) in [6, 6.07) is 4.36. The Morgan fingerprint density at radius 3 is 2.56 bits per heavy atom. The van der Waals surface area contributed by atoms with Gasteiger partial charge in [-0.1, -0.05) is 39.3 Å². The molecule has 1 fully saturated rings. The predicted octanol–water partition coefficient (Wildman–Crippen LogP) is 1.75. The Bertz CT molecular complexity index is 1340. The number of guanidine groups is 1. The summed E-state index contributed by atoms with van der Waals surface area (Å²) in [6.45, 7) is 6.38. The lowest BCUT2D eigenvalue weighted by Crippen LogP contribution is -2.56. The molecule has 3 rings (SSSR count). The van der Waals surface area contributed by atoms with Gasteiger partial charge in [0.25, 0.3) is 0 Å². The van der Waals surface area contributed by atoms with Gasteiger partial charge in [0.1, 0.15) is 12.1 Å². The molecule has 0 radical (unpaired) electrons. The van der Waals surface area contributed by atoms with Crippen LogP contribution in [0.3, 0.4) is 0 Å². The van der Waals surface area contributed by atoms with E-state index in [4.69, 9.17) is 11.5 Å². The van der Waals surface area contributed by atoms with Crippen LogP contribution in [0.4, 0.5) is 0 Å². The third-order valence-electron chi connectivity index (χ3n) is 7.55. The monoisotopic (exact) mass is 642 g/mol. The van der Waals surface area contributed by atoms with Crippen molar-refractivity contribution in [3.63, 3.8) is 0 Å². The molecule has 14 heteroatoms. The number of fused-ring (bicyclic) bond motifs is 1. The number of carbonyl (C=O) groups excluding carboxylic acids is 5. The Hall–Kier alpha value is -4.07. The number of ketones is 1. The third kappa shape index (κ3) is 11.4. The highest BCUT2D eigenvalue weighted by Crippen LogP contribution is 2.23. The number of amides is 4. The van der Waals surface area contributed by atoms with Crippen molar-refractivity contribution in [2.75, 3.05) is 13.1 Å². The highest BCUT2D eigenvalue weighted by atomic mass is 32.1. The summed E-state index contributed by atoms with van der Waals surface area (Å²) in [5.41, 5.74) is 11.6. The van der Waals surface area contributed by atoms with Crippen LogP contribution >= 0.6 is 11.3 Å². The van der Waals surface area contributed by atoms with Crippen molar-refractivity contribution < 1.29 is 24.0 Å². The van der Waals surface area contributed by atoms with Gasteiger partial charge in [0.15, 0.2) is 11.0 Å². The number of Topliss-reactive ketones (excluding diaryl/α,β-unsaturated/α-hetero) is 1. The Balaban J connectivity index is 1.86. The predicted molar refractivity (Wildman–Crippen MR) is 174 cm³/mol. The maximum atomic E-state index is 13.8. The van der Waals surface area contributed by atoms with Crippen LogP contribution in [0.25, 0.3) is 10.2 Å². The van der Waals surface area contributed by atoms with E-state index in [-0.39, 0.29) is 66.2 Å². The van der Waals surface area contributed by atoms with Crippen molar-refractivity contribution in [1.29, 1.82) is 0 Å². The molecule has 2 aromatic rings. The zero-order valence-electron chi connectivity index (χ0n) is 26.3. The number of nitrogens with two attached hydrogens (primary N) is 2. The van der Waals surface area contributed by atoms with Gasteiger partial charge in [-0.3, -0.25) is 29.0 Å². The van der Waals surface area contributed by atoms with Crippen LogP contribution in [0.1, 0.15) is 81.9 Å². The summed E-state index contributed by atoms with van der Waals surface area (Å²) in [7, 11) is 0. The van der Waals surface area contributed by atoms with Crippen LogP contribution in [0.2, 0.25) is 0 Å². The Labute approximate surface area is 267 Å². The number of rotatable bonds is 10. The SMILES string of the molecule is CC(C)C[C@@H]1NC(=O)[C@@H](C)CCCCNC(=O)CC[C@@H](C(=O)N[C@@H](CCCN=C(N)N)C(=O)c2nc3ccccc3s2)NC1=O. The first kappa shape index (κ1) is 35.4. The Morgan fingerprint density at radius 1 is 1.09 bits per heavy atom. The summed E-state index contributed by atoms with van der Waals surface area (Å²) >= 11 is 1.23. The second-order valence-electron chi connectivity index (χ2n) is 11.9. The highest BCUT2D eigenvalue weighted by Gasteiger charge is 2.32. The van der Waals surface area contributed by atoms with Crippen molar-refractivity contribution >= 4 is 56.9 Å². The molecule has 0 saturated carbocycles. The van der Waals surface area contributed by atoms with Gasteiger partial charge in [0.05, 0.1) is 16.3 Å². The smallest absolute Gasteiger partial charge is 0.243 e. The zero-order chi connectivity index (χ0) is 32.9. The molecule has 4 atom stereocenters. The van der Waals surface area contributed by atoms with E-state index < -0.39 is 29.9 Å². The fourth-order valence-electron chi connectivity index (χ4n) is 5.03. The summed E-state index contributed by atoms with van der Waals surface area (Å²) in [5.74, 6) is -2.34. The molecule has 1 aliphatic heterocycles. The van der Waals surface area contributed by atoms with Gasteiger partial charge in [-0.15, -0.1) is 11.3 Å². The zero-order valence-corrected chi connectivity index (χ0v) is 27.1. The fraction of sp³-hybridized carbons (Fsp3) is 0.581. The number of aromatic nitrogens is 1. The number of hydrogen-bond acceptors (Lipinski definition) is 8. The summed E-state index contributed by atoms with van der Waals surface area (Å²) in [5, 5.41) is 11.5. The molecule has 4 amide bonds. The average molecular weight is 643 g/mol. The lowest BCUT2D eigenvalue weighted by atomic mass is 9.99. The minimum atomic E-state index is -1.14. The van der Waals surface area contributed by atoms with Crippen LogP contribution in [0, 0.1) is 11.8 Å². The van der Waals surface area contributed by atoms with Crippen LogP contribution < -0.4 is 32.7 Å². The van der Waals surface area contributed by atoms with Crippen LogP contribution in [0.15, 0.2) is 29.3 Å². The maximum absolute atomic E-state index is 13.8. The van der Waals surface area contributed by atoms with E-state index in [1.54, 1.807) is 6.07 Å². The number of aliphatic imine (C=N–C) groups is 1. The number of benzene rings is 1. The van der Waals surface area contributed by atoms with Crippen molar-refractivity contribution in [3.05, 3.63) is 29.3 Å². The molecule has 0 spiro atoms. The summed E-state index contributed by atoms with van der Waals surface area (Å²) in [6.07, 6.45) is 3.01. The van der Waals surface area contributed by atoms with Gasteiger partial charge in [-0.05, 0) is 56.6 Å². The van der Waals surface area contributed by atoms with Gasteiger partial charge in [0, 0.05) is 25.4 Å². The molecule has 0 bridgehead atoms. The standard InChI is InChI=1S/C31H46N8O5S/c1-18(2)17-23-29(44)37-22(13-14-25(40)34-15-7-6-9-19(3)27(42)38-23)28(43)36-21(11-8-16-35-31(32)33)26(41)30-39-20-10-4-5-12-24(20)45-30/h4-5,10,12,18-19,21-23H,6-9,11,13-17H2,1-3H3,(H,34,40)(H,36,43)(H,37,44)(H,38,42)(H4,32,33,35)/t19-,21-,22-,23-/m0/s1. The van der Waals surface area contributed by atoms with E-state index in [0.717, 1.165) is 11.1 Å². The maximum Gasteiger partial charge on any atom is 0.243 e. The van der Waals surface area contributed by atoms with Gasteiger partial charge in [-0.2, -0.15) is 0 Å². The van der Waals surface area contributed by atoms with E-state index in [1.165, 1.54) is 11.3 Å². The van der Waals surface area contributed by atoms with Gasteiger partial charge in [0.2, 0.25) is 29.4 Å². The van der Waals surface area contributed by atoms with Crippen LogP contribution in [-0.2, 0) is 19.2 Å².